The van der Waals surface area contributed by atoms with Crippen LogP contribution in [0.4, 0.5) is 11.4 Å². The lowest BCUT2D eigenvalue weighted by Gasteiger charge is -2.09. The Morgan fingerprint density at radius 3 is 2.44 bits per heavy atom. The van der Waals surface area contributed by atoms with Gasteiger partial charge in [0, 0.05) is 11.6 Å². The number of carbonyl (C=O) groups is 1. The minimum Gasteiger partial charge on any atom is -0.292 e. The van der Waals surface area contributed by atoms with Gasteiger partial charge in [0.05, 0.1) is 27.3 Å². The maximum Gasteiger partial charge on any atom is 0.294 e. The largest absolute Gasteiger partial charge is 0.294 e. The minimum absolute atomic E-state index is 0.127. The number of anilines is 1. The zero-order chi connectivity index (χ0) is 18.0. The highest BCUT2D eigenvalue weighted by molar-refractivity contribution is 5.98. The average Bonchev–Trinajstić information content (AvgIpc) is 2.60. The lowest BCUT2D eigenvalue weighted by atomic mass is 10.1. The van der Waals surface area contributed by atoms with E-state index >= 15 is 0 Å². The summed E-state index contributed by atoms with van der Waals surface area (Å²) in [6, 6.07) is 11.0. The van der Waals surface area contributed by atoms with Crippen molar-refractivity contribution in [2.24, 2.45) is 0 Å². The first-order chi connectivity index (χ1) is 12.0. The van der Waals surface area contributed by atoms with Gasteiger partial charge in [0.25, 0.3) is 11.6 Å². The number of amides is 1. The molecule has 1 heterocycles. The van der Waals surface area contributed by atoms with Crippen molar-refractivity contribution in [2.75, 3.05) is 5.43 Å². The van der Waals surface area contributed by atoms with Crippen LogP contribution < -0.4 is 10.9 Å². The molecule has 3 rings (SSSR count). The fourth-order valence-corrected chi connectivity index (χ4v) is 2.31. The molecule has 2 aromatic carbocycles. The molecular formula is C17H15N5O3. The number of aryl methyl sites for hydroxylation is 2. The number of nitro benzene ring substituents is 1. The van der Waals surface area contributed by atoms with Crippen LogP contribution in [-0.4, -0.2) is 20.8 Å². The summed E-state index contributed by atoms with van der Waals surface area (Å²) < 4.78 is 0. The smallest absolute Gasteiger partial charge is 0.292 e. The monoisotopic (exact) mass is 337 g/mol. The highest BCUT2D eigenvalue weighted by atomic mass is 16.6. The SMILES string of the molecule is Cc1nc2ccc(C(=O)NNc3ccccc3[N+](=O)[O-])cc2nc1C. The summed E-state index contributed by atoms with van der Waals surface area (Å²) in [6.45, 7) is 3.73. The Morgan fingerprint density at radius 2 is 1.72 bits per heavy atom. The summed E-state index contributed by atoms with van der Waals surface area (Å²) in [7, 11) is 0. The second-order valence-corrected chi connectivity index (χ2v) is 5.45. The van der Waals surface area contributed by atoms with E-state index < -0.39 is 10.8 Å². The molecule has 0 aliphatic heterocycles. The molecule has 2 N–H and O–H groups in total. The maximum absolute atomic E-state index is 12.3. The Kier molecular flexibility index (Phi) is 4.25. The standard InChI is InChI=1S/C17H15N5O3/c1-10-11(2)19-15-9-12(7-8-13(15)18-10)17(23)21-20-14-5-3-4-6-16(14)22(24)25/h3-9,20H,1-2H3,(H,21,23). The second-order valence-electron chi connectivity index (χ2n) is 5.45. The zero-order valence-electron chi connectivity index (χ0n) is 13.6. The van der Waals surface area contributed by atoms with Crippen molar-refractivity contribution in [3.8, 4) is 0 Å². The van der Waals surface area contributed by atoms with E-state index in [1.807, 2.05) is 13.8 Å². The first-order valence-corrected chi connectivity index (χ1v) is 7.50. The van der Waals surface area contributed by atoms with Gasteiger partial charge < -0.3 is 0 Å². The van der Waals surface area contributed by atoms with E-state index in [2.05, 4.69) is 20.8 Å². The van der Waals surface area contributed by atoms with Gasteiger partial charge in [0.1, 0.15) is 5.69 Å². The predicted molar refractivity (Wildman–Crippen MR) is 93.2 cm³/mol. The molecule has 0 atom stereocenters. The number of nitro groups is 1. The Balaban J connectivity index is 1.81. The van der Waals surface area contributed by atoms with Gasteiger partial charge >= 0.3 is 0 Å². The van der Waals surface area contributed by atoms with Gasteiger partial charge in [-0.1, -0.05) is 12.1 Å². The number of aromatic nitrogens is 2. The molecule has 25 heavy (non-hydrogen) atoms. The number of hydrogen-bond acceptors (Lipinski definition) is 6. The molecule has 3 aromatic rings. The third-order valence-electron chi connectivity index (χ3n) is 3.75. The topological polar surface area (TPSA) is 110 Å². The zero-order valence-corrected chi connectivity index (χ0v) is 13.6. The van der Waals surface area contributed by atoms with Gasteiger partial charge in [-0.3, -0.25) is 25.8 Å². The summed E-state index contributed by atoms with van der Waals surface area (Å²) in [4.78, 5) is 31.6. The molecule has 126 valence electrons. The Hall–Kier alpha value is -3.55. The van der Waals surface area contributed by atoms with Crippen LogP contribution in [0.3, 0.4) is 0 Å². The Labute approximate surface area is 143 Å². The molecule has 8 heteroatoms. The normalized spacial score (nSPS) is 10.5. The third kappa shape index (κ3) is 3.37. The van der Waals surface area contributed by atoms with Crippen LogP contribution in [0.5, 0.6) is 0 Å². The molecule has 8 nitrogen and oxygen atoms in total. The summed E-state index contributed by atoms with van der Waals surface area (Å²) >= 11 is 0. The summed E-state index contributed by atoms with van der Waals surface area (Å²) in [5, 5.41) is 11.0. The van der Waals surface area contributed by atoms with Crippen LogP contribution in [0.25, 0.3) is 11.0 Å². The van der Waals surface area contributed by atoms with E-state index in [0.29, 0.717) is 16.6 Å². The summed E-state index contributed by atoms with van der Waals surface area (Å²) in [6.07, 6.45) is 0. The van der Waals surface area contributed by atoms with Crippen LogP contribution >= 0.6 is 0 Å². The van der Waals surface area contributed by atoms with E-state index in [0.717, 1.165) is 11.4 Å². The van der Waals surface area contributed by atoms with Crippen molar-refractivity contribution in [2.45, 2.75) is 13.8 Å². The van der Waals surface area contributed by atoms with Crippen molar-refractivity contribution in [1.29, 1.82) is 0 Å². The van der Waals surface area contributed by atoms with Crippen molar-refractivity contribution >= 4 is 28.3 Å². The Morgan fingerprint density at radius 1 is 1.04 bits per heavy atom. The number of benzene rings is 2. The fourth-order valence-electron chi connectivity index (χ4n) is 2.31. The average molecular weight is 337 g/mol. The van der Waals surface area contributed by atoms with Crippen LogP contribution in [-0.2, 0) is 0 Å². The number of para-hydroxylation sites is 2. The van der Waals surface area contributed by atoms with Crippen LogP contribution in [0, 0.1) is 24.0 Å². The predicted octanol–water partition coefficient (Wildman–Crippen LogP) is 2.91. The van der Waals surface area contributed by atoms with Gasteiger partial charge in [-0.05, 0) is 38.1 Å². The lowest BCUT2D eigenvalue weighted by molar-refractivity contribution is -0.384. The van der Waals surface area contributed by atoms with Crippen molar-refractivity contribution in [3.05, 3.63) is 69.5 Å². The molecule has 0 aliphatic rings. The minimum atomic E-state index is -0.523. The van der Waals surface area contributed by atoms with Gasteiger partial charge in [0.15, 0.2) is 0 Å². The molecule has 0 unspecified atom stereocenters. The van der Waals surface area contributed by atoms with Gasteiger partial charge in [-0.25, -0.2) is 9.97 Å². The Bertz CT molecular complexity index is 987. The van der Waals surface area contributed by atoms with Crippen molar-refractivity contribution in [3.63, 3.8) is 0 Å². The number of fused-ring (bicyclic) bond motifs is 1. The van der Waals surface area contributed by atoms with E-state index in [-0.39, 0.29) is 11.4 Å². The summed E-state index contributed by atoms with van der Waals surface area (Å²) in [5.41, 5.74) is 8.43. The molecule has 0 fully saturated rings. The van der Waals surface area contributed by atoms with Gasteiger partial charge in [0.2, 0.25) is 0 Å². The number of hydrazine groups is 1. The molecule has 1 amide bonds. The van der Waals surface area contributed by atoms with Crippen molar-refractivity contribution in [1.82, 2.24) is 15.4 Å². The number of carbonyl (C=O) groups excluding carboxylic acids is 1. The molecule has 0 spiro atoms. The van der Waals surface area contributed by atoms with E-state index in [1.54, 1.807) is 30.3 Å². The van der Waals surface area contributed by atoms with Crippen LogP contribution in [0.1, 0.15) is 21.7 Å². The number of nitrogens with one attached hydrogen (secondary N) is 2. The first kappa shape index (κ1) is 16.3. The molecular weight excluding hydrogens is 322 g/mol. The fraction of sp³-hybridized carbons (Fsp3) is 0.118. The first-order valence-electron chi connectivity index (χ1n) is 7.50. The van der Waals surface area contributed by atoms with Crippen LogP contribution in [0.2, 0.25) is 0 Å². The number of rotatable bonds is 4. The molecule has 0 bridgehead atoms. The van der Waals surface area contributed by atoms with Gasteiger partial charge in [-0.2, -0.15) is 0 Å². The number of nitrogens with zero attached hydrogens (tertiary/aromatic N) is 3. The third-order valence-corrected chi connectivity index (χ3v) is 3.75. The molecule has 0 aliphatic carbocycles. The maximum atomic E-state index is 12.3. The molecule has 0 saturated carbocycles. The van der Waals surface area contributed by atoms with E-state index in [1.165, 1.54) is 12.1 Å². The second kappa shape index (κ2) is 6.52. The van der Waals surface area contributed by atoms with Crippen LogP contribution in [0.15, 0.2) is 42.5 Å². The van der Waals surface area contributed by atoms with Gasteiger partial charge in [-0.15, -0.1) is 0 Å². The summed E-state index contributed by atoms with van der Waals surface area (Å²) in [5.74, 6) is -0.430. The molecule has 0 saturated heterocycles. The van der Waals surface area contributed by atoms with E-state index in [4.69, 9.17) is 0 Å². The quantitative estimate of drug-likeness (QED) is 0.559. The van der Waals surface area contributed by atoms with E-state index in [9.17, 15) is 14.9 Å². The highest BCUT2D eigenvalue weighted by Crippen LogP contribution is 2.22. The molecule has 0 radical (unpaired) electrons. The lowest BCUT2D eigenvalue weighted by Crippen LogP contribution is -2.29. The number of hydrogen-bond donors (Lipinski definition) is 2. The molecule has 1 aromatic heterocycles. The highest BCUT2D eigenvalue weighted by Gasteiger charge is 2.14. The van der Waals surface area contributed by atoms with Crippen molar-refractivity contribution < 1.29 is 9.72 Å².